The van der Waals surface area contributed by atoms with Crippen molar-refractivity contribution in [2.45, 2.75) is 43.6 Å². The first-order valence-electron chi connectivity index (χ1n) is 9.56. The molecule has 0 bridgehead atoms. The monoisotopic (exact) mass is 346 g/mol. The molecule has 0 radical (unpaired) electrons. The summed E-state index contributed by atoms with van der Waals surface area (Å²) in [5, 5.41) is 0. The van der Waals surface area contributed by atoms with Gasteiger partial charge in [0.15, 0.2) is 0 Å². The van der Waals surface area contributed by atoms with Gasteiger partial charge in [0.25, 0.3) is 0 Å². The molecule has 0 aromatic heterocycles. The van der Waals surface area contributed by atoms with Gasteiger partial charge < -0.3 is 9.64 Å². The third kappa shape index (κ3) is 3.20. The molecule has 3 heterocycles. The molecule has 4 nitrogen and oxygen atoms in total. The van der Waals surface area contributed by atoms with Crippen molar-refractivity contribution >= 4 is 5.91 Å². The minimum absolute atomic E-state index is 0.170. The van der Waals surface area contributed by atoms with Gasteiger partial charge in [0.05, 0.1) is 5.41 Å². The van der Waals surface area contributed by atoms with Crippen molar-refractivity contribution in [2.75, 3.05) is 39.4 Å². The first-order chi connectivity index (χ1) is 12.2. The largest absolute Gasteiger partial charge is 0.381 e. The van der Waals surface area contributed by atoms with Gasteiger partial charge in [-0.1, -0.05) is 12.1 Å². The molecule has 1 aromatic rings. The summed E-state index contributed by atoms with van der Waals surface area (Å²) in [6.45, 7) is 5.08. The van der Waals surface area contributed by atoms with E-state index < -0.39 is 5.41 Å². The van der Waals surface area contributed by atoms with E-state index in [9.17, 15) is 9.18 Å². The number of ether oxygens (including phenoxy) is 1. The number of amides is 1. The Balaban J connectivity index is 1.56. The second kappa shape index (κ2) is 7.04. The minimum Gasteiger partial charge on any atom is -0.381 e. The fourth-order valence-electron chi connectivity index (χ4n) is 4.77. The average molecular weight is 346 g/mol. The zero-order chi connectivity index (χ0) is 17.3. The molecular formula is C20H27FN2O2. The van der Waals surface area contributed by atoms with Gasteiger partial charge in [-0.05, 0) is 62.9 Å². The quantitative estimate of drug-likeness (QED) is 0.843. The van der Waals surface area contributed by atoms with Gasteiger partial charge in [-0.15, -0.1) is 0 Å². The lowest BCUT2D eigenvalue weighted by atomic mass is 9.73. The van der Waals surface area contributed by atoms with Crippen LogP contribution in [0, 0.1) is 5.82 Å². The van der Waals surface area contributed by atoms with Crippen LogP contribution < -0.4 is 0 Å². The van der Waals surface area contributed by atoms with Crippen LogP contribution in [0.25, 0.3) is 0 Å². The molecule has 4 rings (SSSR count). The van der Waals surface area contributed by atoms with E-state index in [-0.39, 0.29) is 11.7 Å². The molecule has 0 aliphatic carbocycles. The summed E-state index contributed by atoms with van der Waals surface area (Å²) < 4.78 is 19.4. The predicted octanol–water partition coefficient (Wildman–Crippen LogP) is 2.57. The highest BCUT2D eigenvalue weighted by molar-refractivity contribution is 5.88. The summed E-state index contributed by atoms with van der Waals surface area (Å²) >= 11 is 0. The maximum absolute atomic E-state index is 13.8. The topological polar surface area (TPSA) is 32.8 Å². The molecule has 136 valence electrons. The Bertz CT molecular complexity index is 624. The van der Waals surface area contributed by atoms with Crippen LogP contribution >= 0.6 is 0 Å². The highest BCUT2D eigenvalue weighted by Crippen LogP contribution is 2.38. The second-order valence-electron chi connectivity index (χ2n) is 7.64. The molecule has 3 aliphatic rings. The molecule has 3 aliphatic heterocycles. The number of carbonyl (C=O) groups is 1. The van der Waals surface area contributed by atoms with Crippen LogP contribution in [-0.4, -0.2) is 61.1 Å². The molecule has 0 saturated carbocycles. The lowest BCUT2D eigenvalue weighted by Crippen LogP contribution is -2.50. The number of halogens is 1. The van der Waals surface area contributed by atoms with Crippen LogP contribution in [0.2, 0.25) is 0 Å². The van der Waals surface area contributed by atoms with E-state index in [1.165, 1.54) is 25.0 Å². The normalized spacial score (nSPS) is 26.9. The Kier molecular flexibility index (Phi) is 4.78. The SMILES string of the molecule is O=C(N1CC[C@H](N2CCCC2)C1)C1(c2cccc(F)c2)CCOCC1. The predicted molar refractivity (Wildman–Crippen MR) is 93.9 cm³/mol. The molecule has 25 heavy (non-hydrogen) atoms. The van der Waals surface area contributed by atoms with Crippen molar-refractivity contribution in [3.8, 4) is 0 Å². The fourth-order valence-corrected chi connectivity index (χ4v) is 4.77. The maximum atomic E-state index is 13.8. The minimum atomic E-state index is -0.625. The molecule has 1 atom stereocenters. The van der Waals surface area contributed by atoms with Crippen molar-refractivity contribution in [1.29, 1.82) is 0 Å². The smallest absolute Gasteiger partial charge is 0.233 e. The highest BCUT2D eigenvalue weighted by Gasteiger charge is 2.46. The van der Waals surface area contributed by atoms with E-state index in [0.717, 1.165) is 38.2 Å². The zero-order valence-corrected chi connectivity index (χ0v) is 14.8. The molecule has 0 spiro atoms. The number of carbonyl (C=O) groups excluding carboxylic acids is 1. The highest BCUT2D eigenvalue weighted by atomic mass is 19.1. The zero-order valence-electron chi connectivity index (χ0n) is 14.8. The fraction of sp³-hybridized carbons (Fsp3) is 0.650. The summed E-state index contributed by atoms with van der Waals surface area (Å²) in [4.78, 5) is 18.1. The van der Waals surface area contributed by atoms with E-state index in [1.54, 1.807) is 6.07 Å². The van der Waals surface area contributed by atoms with Crippen LogP contribution in [0.4, 0.5) is 4.39 Å². The molecular weight excluding hydrogens is 319 g/mol. The lowest BCUT2D eigenvalue weighted by Gasteiger charge is -2.39. The van der Waals surface area contributed by atoms with Crippen LogP contribution in [-0.2, 0) is 14.9 Å². The Labute approximate surface area is 148 Å². The van der Waals surface area contributed by atoms with Crippen molar-refractivity contribution < 1.29 is 13.9 Å². The number of rotatable bonds is 3. The Morgan fingerprint density at radius 2 is 1.92 bits per heavy atom. The standard InChI is InChI=1S/C20H27FN2O2/c21-17-5-3-4-16(14-17)20(7-12-25-13-8-20)19(24)23-11-6-18(15-23)22-9-1-2-10-22/h3-5,14,18H,1-2,6-13,15H2/t18-/m0/s1. The van der Waals surface area contributed by atoms with Crippen LogP contribution in [0.5, 0.6) is 0 Å². The van der Waals surface area contributed by atoms with Gasteiger partial charge in [-0.3, -0.25) is 9.69 Å². The van der Waals surface area contributed by atoms with E-state index >= 15 is 0 Å². The van der Waals surface area contributed by atoms with Gasteiger partial charge >= 0.3 is 0 Å². The third-order valence-electron chi connectivity index (χ3n) is 6.24. The van der Waals surface area contributed by atoms with Gasteiger partial charge in [0.1, 0.15) is 5.82 Å². The molecule has 3 fully saturated rings. The molecule has 0 unspecified atom stereocenters. The van der Waals surface area contributed by atoms with Crippen LogP contribution in [0.3, 0.4) is 0 Å². The first-order valence-corrected chi connectivity index (χ1v) is 9.56. The number of nitrogens with zero attached hydrogens (tertiary/aromatic N) is 2. The van der Waals surface area contributed by atoms with E-state index in [1.807, 2.05) is 11.0 Å². The Hall–Kier alpha value is -1.46. The van der Waals surface area contributed by atoms with E-state index in [2.05, 4.69) is 4.90 Å². The van der Waals surface area contributed by atoms with Gasteiger partial charge in [0, 0.05) is 32.3 Å². The summed E-state index contributed by atoms with van der Waals surface area (Å²) in [5.74, 6) is -0.101. The number of hydrogen-bond donors (Lipinski definition) is 0. The molecule has 1 amide bonds. The van der Waals surface area contributed by atoms with E-state index in [4.69, 9.17) is 4.74 Å². The Morgan fingerprint density at radius 1 is 1.16 bits per heavy atom. The lowest BCUT2D eigenvalue weighted by molar-refractivity contribution is -0.140. The van der Waals surface area contributed by atoms with Gasteiger partial charge in [-0.2, -0.15) is 0 Å². The number of hydrogen-bond acceptors (Lipinski definition) is 3. The first kappa shape index (κ1) is 17.0. The van der Waals surface area contributed by atoms with Crippen molar-refractivity contribution in [3.63, 3.8) is 0 Å². The summed E-state index contributed by atoms with van der Waals surface area (Å²) in [5.41, 5.74) is 0.186. The number of benzene rings is 1. The van der Waals surface area contributed by atoms with E-state index in [0.29, 0.717) is 32.1 Å². The van der Waals surface area contributed by atoms with Gasteiger partial charge in [0.2, 0.25) is 5.91 Å². The maximum Gasteiger partial charge on any atom is 0.233 e. The summed E-state index contributed by atoms with van der Waals surface area (Å²) in [6, 6.07) is 7.10. The van der Waals surface area contributed by atoms with Gasteiger partial charge in [-0.25, -0.2) is 4.39 Å². The van der Waals surface area contributed by atoms with Crippen LogP contribution in [0.1, 0.15) is 37.7 Å². The second-order valence-corrected chi connectivity index (χ2v) is 7.64. The summed E-state index contributed by atoms with van der Waals surface area (Å²) in [6.07, 6.45) is 4.88. The average Bonchev–Trinajstić information content (AvgIpc) is 3.33. The molecule has 5 heteroatoms. The van der Waals surface area contributed by atoms with Crippen molar-refractivity contribution in [2.24, 2.45) is 0 Å². The summed E-state index contributed by atoms with van der Waals surface area (Å²) in [7, 11) is 0. The molecule has 1 aromatic carbocycles. The molecule has 3 saturated heterocycles. The molecule has 0 N–H and O–H groups in total. The Morgan fingerprint density at radius 3 is 2.64 bits per heavy atom. The van der Waals surface area contributed by atoms with Crippen molar-refractivity contribution in [3.05, 3.63) is 35.6 Å². The third-order valence-corrected chi connectivity index (χ3v) is 6.24. The van der Waals surface area contributed by atoms with Crippen LogP contribution in [0.15, 0.2) is 24.3 Å². The van der Waals surface area contributed by atoms with Crippen molar-refractivity contribution in [1.82, 2.24) is 9.80 Å². The number of likely N-dealkylation sites (tertiary alicyclic amines) is 2.